The van der Waals surface area contributed by atoms with Gasteiger partial charge in [0.25, 0.3) is 0 Å². The number of anilines is 1. The molecule has 154 valence electrons. The highest BCUT2D eigenvalue weighted by molar-refractivity contribution is 7.11. The van der Waals surface area contributed by atoms with E-state index in [1.54, 1.807) is 11.3 Å². The molecule has 1 atom stereocenters. The number of nitrogens with one attached hydrogen (secondary N) is 1. The Labute approximate surface area is 177 Å². The number of hydrogen-bond acceptors (Lipinski definition) is 6. The second kappa shape index (κ2) is 8.78. The Bertz CT molecular complexity index is 974. The van der Waals surface area contributed by atoms with Crippen LogP contribution < -0.4 is 10.2 Å². The lowest BCUT2D eigenvalue weighted by atomic mass is 10.1. The molecule has 0 aliphatic carbocycles. The fraction of sp³-hybridized carbons (Fsp3) is 0.478. The van der Waals surface area contributed by atoms with Crippen LogP contribution in [0.1, 0.15) is 46.1 Å². The Balaban J connectivity index is 1.64. The Morgan fingerprint density at radius 3 is 2.62 bits per heavy atom. The molecule has 29 heavy (non-hydrogen) atoms. The van der Waals surface area contributed by atoms with E-state index in [1.807, 2.05) is 0 Å². The topological polar surface area (TPSA) is 50.3 Å². The van der Waals surface area contributed by atoms with Crippen LogP contribution >= 0.6 is 11.3 Å². The maximum absolute atomic E-state index is 5.56. The van der Waals surface area contributed by atoms with E-state index in [9.17, 15) is 0 Å². The van der Waals surface area contributed by atoms with Gasteiger partial charge in [0.2, 0.25) is 0 Å². The van der Waals surface area contributed by atoms with Gasteiger partial charge in [-0.1, -0.05) is 19.1 Å². The summed E-state index contributed by atoms with van der Waals surface area (Å²) in [5.41, 5.74) is 4.69. The lowest BCUT2D eigenvalue weighted by Gasteiger charge is -2.30. The lowest BCUT2D eigenvalue weighted by Crippen LogP contribution is -2.37. The predicted octanol–water partition coefficient (Wildman–Crippen LogP) is 4.69. The van der Waals surface area contributed by atoms with Gasteiger partial charge >= 0.3 is 0 Å². The quantitative estimate of drug-likeness (QED) is 0.639. The number of fused-ring (bicyclic) bond motifs is 1. The maximum atomic E-state index is 5.56. The monoisotopic (exact) mass is 410 g/mol. The van der Waals surface area contributed by atoms with E-state index in [-0.39, 0.29) is 6.04 Å². The minimum absolute atomic E-state index is 0.263. The zero-order chi connectivity index (χ0) is 20.4. The third kappa shape index (κ3) is 4.44. The van der Waals surface area contributed by atoms with E-state index in [0.29, 0.717) is 0 Å². The molecule has 0 bridgehead atoms. The van der Waals surface area contributed by atoms with E-state index >= 15 is 0 Å². The molecule has 1 aliphatic rings. The molecule has 4 rings (SSSR count). The second-order valence-electron chi connectivity index (χ2n) is 7.80. The van der Waals surface area contributed by atoms with Gasteiger partial charge in [-0.15, -0.1) is 11.3 Å². The predicted molar refractivity (Wildman–Crippen MR) is 121 cm³/mol. The van der Waals surface area contributed by atoms with Crippen LogP contribution in [0, 0.1) is 20.8 Å². The van der Waals surface area contributed by atoms with Crippen molar-refractivity contribution in [2.75, 3.05) is 31.2 Å². The number of aryl methyl sites for hydroxylation is 3. The molecular formula is C23H30N4OS. The molecular weight excluding hydrogens is 380 g/mol. The summed E-state index contributed by atoms with van der Waals surface area (Å²) in [6.07, 6.45) is 1.01. The van der Waals surface area contributed by atoms with Crippen molar-refractivity contribution in [3.8, 4) is 0 Å². The van der Waals surface area contributed by atoms with Gasteiger partial charge < -0.3 is 15.0 Å². The molecule has 0 spiro atoms. The molecule has 1 N–H and O–H groups in total. The summed E-state index contributed by atoms with van der Waals surface area (Å²) in [4.78, 5) is 13.5. The number of morpholine rings is 1. The number of ether oxygens (including phenoxy) is 1. The van der Waals surface area contributed by atoms with Crippen LogP contribution in [-0.2, 0) is 11.3 Å². The third-order valence-corrected chi connectivity index (χ3v) is 6.82. The van der Waals surface area contributed by atoms with Crippen molar-refractivity contribution < 1.29 is 4.74 Å². The number of nitrogens with zero attached hydrogens (tertiary/aromatic N) is 3. The first kappa shape index (κ1) is 20.3. The molecule has 1 saturated heterocycles. The molecule has 2 aromatic heterocycles. The largest absolute Gasteiger partial charge is 0.378 e. The first-order chi connectivity index (χ1) is 14.0. The minimum Gasteiger partial charge on any atom is -0.378 e. The van der Waals surface area contributed by atoms with Gasteiger partial charge in [0.1, 0.15) is 10.8 Å². The number of aromatic nitrogens is 2. The molecule has 0 amide bonds. The van der Waals surface area contributed by atoms with Crippen molar-refractivity contribution in [1.82, 2.24) is 15.3 Å². The van der Waals surface area contributed by atoms with E-state index in [1.165, 1.54) is 26.4 Å². The van der Waals surface area contributed by atoms with Crippen LogP contribution in [0.2, 0.25) is 0 Å². The average molecular weight is 411 g/mol. The van der Waals surface area contributed by atoms with Crippen molar-refractivity contribution in [2.24, 2.45) is 0 Å². The smallest absolute Gasteiger partial charge is 0.133 e. The normalized spacial score (nSPS) is 15.8. The van der Waals surface area contributed by atoms with Crippen LogP contribution in [0.3, 0.4) is 0 Å². The van der Waals surface area contributed by atoms with Crippen molar-refractivity contribution in [2.45, 2.75) is 46.7 Å². The maximum Gasteiger partial charge on any atom is 0.133 e. The first-order valence-electron chi connectivity index (χ1n) is 10.5. The molecule has 0 saturated carbocycles. The van der Waals surface area contributed by atoms with Gasteiger partial charge in [0, 0.05) is 35.5 Å². The fourth-order valence-corrected chi connectivity index (χ4v) is 4.86. The molecule has 1 aromatic carbocycles. The van der Waals surface area contributed by atoms with Crippen molar-refractivity contribution in [3.63, 3.8) is 0 Å². The van der Waals surface area contributed by atoms with E-state index in [2.05, 4.69) is 62.2 Å². The molecule has 1 aliphatic heterocycles. The van der Waals surface area contributed by atoms with Gasteiger partial charge in [-0.25, -0.2) is 9.97 Å². The van der Waals surface area contributed by atoms with Crippen LogP contribution in [0.4, 0.5) is 5.82 Å². The SMILES string of the molecule is CCC(NCc1cc2ccc(C)cc2nc1N1CCOCC1)c1nc(C)c(C)s1. The summed E-state index contributed by atoms with van der Waals surface area (Å²) < 4.78 is 5.56. The number of hydrogen-bond donors (Lipinski definition) is 1. The highest BCUT2D eigenvalue weighted by Crippen LogP contribution is 2.28. The molecule has 3 heterocycles. The zero-order valence-corrected chi connectivity index (χ0v) is 18.6. The zero-order valence-electron chi connectivity index (χ0n) is 17.8. The molecule has 3 aromatic rings. The van der Waals surface area contributed by atoms with Crippen LogP contribution in [0.25, 0.3) is 10.9 Å². The Hall–Kier alpha value is -2.02. The molecule has 6 heteroatoms. The van der Waals surface area contributed by atoms with E-state index < -0.39 is 0 Å². The summed E-state index contributed by atoms with van der Waals surface area (Å²) in [5, 5.41) is 6.12. The highest BCUT2D eigenvalue weighted by Gasteiger charge is 2.20. The second-order valence-corrected chi connectivity index (χ2v) is 9.04. The number of pyridine rings is 1. The number of thiazole rings is 1. The molecule has 1 unspecified atom stereocenters. The van der Waals surface area contributed by atoms with E-state index in [4.69, 9.17) is 14.7 Å². The van der Waals surface area contributed by atoms with Crippen molar-refractivity contribution in [3.05, 3.63) is 51.0 Å². The van der Waals surface area contributed by atoms with Crippen molar-refractivity contribution in [1.29, 1.82) is 0 Å². The van der Waals surface area contributed by atoms with Gasteiger partial charge in [0.15, 0.2) is 0 Å². The van der Waals surface area contributed by atoms with Crippen LogP contribution in [-0.4, -0.2) is 36.3 Å². The van der Waals surface area contributed by atoms with Gasteiger partial charge in [-0.2, -0.15) is 0 Å². The Kier molecular flexibility index (Phi) is 6.13. The highest BCUT2D eigenvalue weighted by atomic mass is 32.1. The molecule has 5 nitrogen and oxygen atoms in total. The van der Waals surface area contributed by atoms with E-state index in [0.717, 1.165) is 56.3 Å². The lowest BCUT2D eigenvalue weighted by molar-refractivity contribution is 0.122. The standard InChI is InChI=1S/C23H30N4OS/c1-5-20(23-25-16(3)17(4)29-23)24-14-19-13-18-7-6-15(2)12-21(18)26-22(19)27-8-10-28-11-9-27/h6-7,12-13,20,24H,5,8-11,14H2,1-4H3. The third-order valence-electron chi connectivity index (χ3n) is 5.63. The van der Waals surface area contributed by atoms with Crippen molar-refractivity contribution >= 4 is 28.1 Å². The summed E-state index contributed by atoms with van der Waals surface area (Å²) in [7, 11) is 0. The van der Waals surface area contributed by atoms with Crippen LogP contribution in [0.15, 0.2) is 24.3 Å². The summed E-state index contributed by atoms with van der Waals surface area (Å²) in [6.45, 7) is 12.6. The molecule has 0 radical (unpaired) electrons. The fourth-order valence-electron chi connectivity index (χ4n) is 3.78. The molecule has 1 fully saturated rings. The summed E-state index contributed by atoms with van der Waals surface area (Å²) in [5.74, 6) is 1.08. The van der Waals surface area contributed by atoms with Gasteiger partial charge in [0.05, 0.1) is 30.5 Å². The average Bonchev–Trinajstić information content (AvgIpc) is 3.07. The summed E-state index contributed by atoms with van der Waals surface area (Å²) >= 11 is 1.80. The Morgan fingerprint density at radius 2 is 1.93 bits per heavy atom. The minimum atomic E-state index is 0.263. The van der Waals surface area contributed by atoms with Crippen LogP contribution in [0.5, 0.6) is 0 Å². The first-order valence-corrected chi connectivity index (χ1v) is 11.3. The number of rotatable bonds is 6. The summed E-state index contributed by atoms with van der Waals surface area (Å²) in [6, 6.07) is 9.07. The Morgan fingerprint density at radius 1 is 1.14 bits per heavy atom. The van der Waals surface area contributed by atoms with Gasteiger partial charge in [-0.05, 0) is 44.9 Å². The van der Waals surface area contributed by atoms with Gasteiger partial charge in [-0.3, -0.25) is 0 Å². The number of benzene rings is 1.